The highest BCUT2D eigenvalue weighted by molar-refractivity contribution is 6.00. The molecule has 4 N–H and O–H groups in total. The lowest BCUT2D eigenvalue weighted by atomic mass is 9.94. The molecule has 1 fully saturated rings. The van der Waals surface area contributed by atoms with Gasteiger partial charge >= 0.3 is 5.97 Å². The molecule has 10 nitrogen and oxygen atoms in total. The number of amides is 1. The van der Waals surface area contributed by atoms with Gasteiger partial charge in [-0.25, -0.2) is 9.78 Å². The van der Waals surface area contributed by atoms with Crippen molar-refractivity contribution in [2.24, 2.45) is 0 Å². The van der Waals surface area contributed by atoms with E-state index in [4.69, 9.17) is 14.5 Å². The van der Waals surface area contributed by atoms with Gasteiger partial charge < -0.3 is 34.6 Å². The Morgan fingerprint density at radius 3 is 2.76 bits per heavy atom. The second-order valence-corrected chi connectivity index (χ2v) is 11.0. The Hall–Kier alpha value is -4.99. The normalized spacial score (nSPS) is 15.7. The van der Waals surface area contributed by atoms with Crippen LogP contribution in [0.25, 0.3) is 33.3 Å². The molecule has 0 radical (unpaired) electrons. The van der Waals surface area contributed by atoms with Gasteiger partial charge in [-0.1, -0.05) is 25.3 Å². The lowest BCUT2D eigenvalue weighted by Crippen LogP contribution is -2.42. The summed E-state index contributed by atoms with van der Waals surface area (Å²) in [6.07, 6.45) is 7.33. The van der Waals surface area contributed by atoms with E-state index >= 15 is 0 Å². The Bertz CT molecular complexity index is 1830. The number of aromatic nitrogens is 3. The van der Waals surface area contributed by atoms with E-state index < -0.39 is 17.9 Å². The highest BCUT2D eigenvalue weighted by Gasteiger charge is 2.28. The van der Waals surface area contributed by atoms with E-state index in [9.17, 15) is 19.8 Å². The molecule has 2 aromatic heterocycles. The van der Waals surface area contributed by atoms with Gasteiger partial charge in [-0.2, -0.15) is 0 Å². The lowest BCUT2D eigenvalue weighted by molar-refractivity contribution is -0.139. The predicted octanol–water partition coefficient (Wildman–Crippen LogP) is 5.55. The minimum Gasteiger partial charge on any atom is -0.508 e. The van der Waals surface area contributed by atoms with Crippen molar-refractivity contribution in [3.63, 3.8) is 0 Å². The third-order valence-electron chi connectivity index (χ3n) is 8.31. The highest BCUT2D eigenvalue weighted by Crippen LogP contribution is 2.44. The van der Waals surface area contributed by atoms with E-state index in [1.54, 1.807) is 36.5 Å². The van der Waals surface area contributed by atoms with Crippen LogP contribution < -0.4 is 14.8 Å². The number of hydrogen-bond acceptors (Lipinski definition) is 6. The van der Waals surface area contributed by atoms with Crippen LogP contribution in [0, 0.1) is 0 Å². The zero-order valence-corrected chi connectivity index (χ0v) is 22.8. The van der Waals surface area contributed by atoms with Gasteiger partial charge in [-0.3, -0.25) is 4.79 Å². The molecule has 1 amide bonds. The van der Waals surface area contributed by atoms with Crippen molar-refractivity contribution < 1.29 is 29.3 Å². The first-order chi connectivity index (χ1) is 20.5. The van der Waals surface area contributed by atoms with E-state index in [0.29, 0.717) is 33.5 Å². The van der Waals surface area contributed by atoms with Crippen LogP contribution in [0.15, 0.2) is 60.8 Å². The number of imidazole rings is 1. The van der Waals surface area contributed by atoms with Crippen molar-refractivity contribution >= 4 is 33.8 Å². The number of ether oxygens (including phenoxy) is 2. The van der Waals surface area contributed by atoms with Gasteiger partial charge in [0.2, 0.25) is 6.79 Å². The number of carbonyl (C=O) groups is 2. The summed E-state index contributed by atoms with van der Waals surface area (Å²) in [6.45, 7) is 0.158. The highest BCUT2D eigenvalue weighted by atomic mass is 16.7. The van der Waals surface area contributed by atoms with E-state index in [-0.39, 0.29) is 25.0 Å². The standard InChI is InChI=1S/C32H30N4O6/c37-21-10-11-24-23(15-21)19(16-33-24)14-26(32(39)40)35-31(38)18-9-12-27-25(13-18)34-30(36(27)20-5-2-1-3-6-20)22-7-4-8-28-29(22)42-17-41-28/h4,7-13,15-16,20,26,33,37H,1-3,5-6,14,17H2,(H,35,38)(H,39,40)/t26-/m0/s1. The second kappa shape index (κ2) is 10.4. The molecular weight excluding hydrogens is 536 g/mol. The molecule has 3 aromatic carbocycles. The van der Waals surface area contributed by atoms with E-state index in [1.165, 1.54) is 6.42 Å². The molecule has 5 aromatic rings. The number of carbonyl (C=O) groups excluding carboxylic acids is 1. The van der Waals surface area contributed by atoms with Gasteiger partial charge in [0.15, 0.2) is 11.5 Å². The van der Waals surface area contributed by atoms with Crippen LogP contribution in [0.4, 0.5) is 0 Å². The van der Waals surface area contributed by atoms with Crippen molar-refractivity contribution in [2.75, 3.05) is 6.79 Å². The lowest BCUT2D eigenvalue weighted by Gasteiger charge is -2.26. The van der Waals surface area contributed by atoms with Crippen LogP contribution in [-0.2, 0) is 11.2 Å². The number of phenols is 1. The van der Waals surface area contributed by atoms with E-state index in [0.717, 1.165) is 48.1 Å². The van der Waals surface area contributed by atoms with Crippen molar-refractivity contribution in [3.8, 4) is 28.6 Å². The fraction of sp³-hybridized carbons (Fsp3) is 0.281. The van der Waals surface area contributed by atoms with E-state index in [2.05, 4.69) is 14.9 Å². The van der Waals surface area contributed by atoms with Crippen molar-refractivity contribution in [1.82, 2.24) is 19.9 Å². The van der Waals surface area contributed by atoms with Crippen molar-refractivity contribution in [3.05, 3.63) is 71.9 Å². The predicted molar refractivity (Wildman–Crippen MR) is 156 cm³/mol. The molecule has 214 valence electrons. The molecular formula is C32H30N4O6. The van der Waals surface area contributed by atoms with Crippen LogP contribution in [0.2, 0.25) is 0 Å². The van der Waals surface area contributed by atoms with Crippen LogP contribution in [0.3, 0.4) is 0 Å². The Morgan fingerprint density at radius 2 is 1.93 bits per heavy atom. The molecule has 2 aliphatic rings. The maximum atomic E-state index is 13.4. The number of aromatic amines is 1. The molecule has 0 unspecified atom stereocenters. The number of H-pyrrole nitrogens is 1. The van der Waals surface area contributed by atoms with Crippen LogP contribution in [0.1, 0.15) is 54.1 Å². The van der Waals surface area contributed by atoms with Gasteiger partial charge in [-0.15, -0.1) is 0 Å². The smallest absolute Gasteiger partial charge is 0.326 e. The first-order valence-corrected chi connectivity index (χ1v) is 14.2. The minimum absolute atomic E-state index is 0.0500. The zero-order valence-electron chi connectivity index (χ0n) is 22.8. The van der Waals surface area contributed by atoms with Crippen molar-refractivity contribution in [2.45, 2.75) is 50.6 Å². The number of aliphatic carboxylic acids is 1. The molecule has 10 heteroatoms. The number of carboxylic acids is 1. The van der Waals surface area contributed by atoms with Gasteiger partial charge in [0.25, 0.3) is 5.91 Å². The maximum absolute atomic E-state index is 13.4. The summed E-state index contributed by atoms with van der Waals surface area (Å²) in [7, 11) is 0. The topological polar surface area (TPSA) is 139 Å². The first kappa shape index (κ1) is 25.9. The molecule has 1 aliphatic carbocycles. The molecule has 1 atom stereocenters. The molecule has 7 rings (SSSR count). The number of aromatic hydroxyl groups is 1. The Balaban J connectivity index is 1.22. The van der Waals surface area contributed by atoms with Crippen LogP contribution in [-0.4, -0.2) is 49.5 Å². The molecule has 0 saturated heterocycles. The number of rotatable bonds is 7. The largest absolute Gasteiger partial charge is 0.508 e. The molecule has 1 aliphatic heterocycles. The summed E-state index contributed by atoms with van der Waals surface area (Å²) >= 11 is 0. The van der Waals surface area contributed by atoms with Gasteiger partial charge in [0.05, 0.1) is 16.6 Å². The van der Waals surface area contributed by atoms with Gasteiger partial charge in [-0.05, 0) is 66.9 Å². The minimum atomic E-state index is -1.17. The Morgan fingerprint density at radius 1 is 1.07 bits per heavy atom. The summed E-state index contributed by atoms with van der Waals surface area (Å²) in [5, 5.41) is 23.2. The number of para-hydroxylation sites is 1. The number of hydrogen-bond donors (Lipinski definition) is 4. The third-order valence-corrected chi connectivity index (χ3v) is 8.31. The monoisotopic (exact) mass is 566 g/mol. The Labute approximate surface area is 240 Å². The number of nitrogens with one attached hydrogen (secondary N) is 2. The Kier molecular flexibility index (Phi) is 6.45. The summed E-state index contributed by atoms with van der Waals surface area (Å²) in [5.74, 6) is 0.542. The van der Waals surface area contributed by atoms with Crippen molar-refractivity contribution in [1.29, 1.82) is 0 Å². The summed E-state index contributed by atoms with van der Waals surface area (Å²) in [6, 6.07) is 15.1. The molecule has 0 bridgehead atoms. The van der Waals surface area contributed by atoms with Gasteiger partial charge in [0.1, 0.15) is 17.6 Å². The fourth-order valence-electron chi connectivity index (χ4n) is 6.24. The van der Waals surface area contributed by atoms with Gasteiger partial charge in [0, 0.05) is 35.1 Å². The fourth-order valence-corrected chi connectivity index (χ4v) is 6.24. The molecule has 3 heterocycles. The quantitative estimate of drug-likeness (QED) is 0.203. The van der Waals surface area contributed by atoms with E-state index in [1.807, 2.05) is 24.3 Å². The number of fused-ring (bicyclic) bond motifs is 3. The SMILES string of the molecule is O=C(N[C@@H](Cc1c[nH]c2ccc(O)cc12)C(=O)O)c1ccc2c(c1)nc(-c1cccc3c1OCO3)n2C1CCCCC1. The van der Waals surface area contributed by atoms with Crippen LogP contribution >= 0.6 is 0 Å². The summed E-state index contributed by atoms with van der Waals surface area (Å²) in [4.78, 5) is 33.6. The second-order valence-electron chi connectivity index (χ2n) is 11.0. The molecule has 42 heavy (non-hydrogen) atoms. The summed E-state index contributed by atoms with van der Waals surface area (Å²) < 4.78 is 13.7. The maximum Gasteiger partial charge on any atom is 0.326 e. The molecule has 0 spiro atoms. The number of carboxylic acid groups (broad SMARTS) is 1. The average Bonchev–Trinajstić information content (AvgIpc) is 3.73. The average molecular weight is 567 g/mol. The number of benzene rings is 3. The van der Waals surface area contributed by atoms with Crippen LogP contribution in [0.5, 0.6) is 17.2 Å². The zero-order chi connectivity index (χ0) is 28.8. The third kappa shape index (κ3) is 4.58. The first-order valence-electron chi connectivity index (χ1n) is 14.2. The summed E-state index contributed by atoms with van der Waals surface area (Å²) in [5.41, 5.74) is 4.18. The molecule has 1 saturated carbocycles. The number of phenolic OH excluding ortho intramolecular Hbond substituents is 1. The number of nitrogens with zero attached hydrogens (tertiary/aromatic N) is 2.